The Bertz CT molecular complexity index is 289. The predicted octanol–water partition coefficient (Wildman–Crippen LogP) is 3.90. The number of aryl methyl sites for hydroxylation is 1. The van der Waals surface area contributed by atoms with Crippen LogP contribution in [0.25, 0.3) is 0 Å². The molecule has 0 bridgehead atoms. The summed E-state index contributed by atoms with van der Waals surface area (Å²) in [6, 6.07) is 8.55. The maximum absolute atomic E-state index is 9.47. The smallest absolute Gasteiger partial charge is 0.0499 e. The molecule has 0 saturated heterocycles. The van der Waals surface area contributed by atoms with Gasteiger partial charge in [-0.05, 0) is 24.8 Å². The average Bonchev–Trinajstić information content (AvgIpc) is 2.27. The molecule has 2 atom stereocenters. The fourth-order valence-corrected chi connectivity index (χ4v) is 2.25. The summed E-state index contributed by atoms with van der Waals surface area (Å²) in [4.78, 5) is 0. The minimum Gasteiger partial charge on any atom is -0.396 e. The van der Waals surface area contributed by atoms with Gasteiger partial charge in [-0.2, -0.15) is 0 Å². The van der Waals surface area contributed by atoms with E-state index in [9.17, 15) is 5.11 Å². The topological polar surface area (TPSA) is 20.2 Å². The lowest BCUT2D eigenvalue weighted by molar-refractivity contribution is 0.243. The Morgan fingerprint density at radius 2 is 1.81 bits per heavy atom. The lowest BCUT2D eigenvalue weighted by Gasteiger charge is -2.19. The molecule has 0 aliphatic rings. The van der Waals surface area contributed by atoms with Crippen LogP contribution in [0.4, 0.5) is 0 Å². The van der Waals surface area contributed by atoms with E-state index in [1.165, 1.54) is 24.0 Å². The summed E-state index contributed by atoms with van der Waals surface area (Å²) in [5.41, 5.74) is 2.55. The molecule has 90 valence electrons. The van der Waals surface area contributed by atoms with Crippen LogP contribution in [0.5, 0.6) is 0 Å². The summed E-state index contributed by atoms with van der Waals surface area (Å²) in [6.07, 6.45) is 3.57. The summed E-state index contributed by atoms with van der Waals surface area (Å²) < 4.78 is 0. The van der Waals surface area contributed by atoms with E-state index in [-0.39, 0.29) is 6.61 Å². The van der Waals surface area contributed by atoms with Gasteiger partial charge in [0.15, 0.2) is 0 Å². The maximum Gasteiger partial charge on any atom is 0.0499 e. The van der Waals surface area contributed by atoms with Crippen LogP contribution in [-0.4, -0.2) is 11.7 Å². The first kappa shape index (κ1) is 13.2. The summed E-state index contributed by atoms with van der Waals surface area (Å²) in [6.45, 7) is 6.85. The third kappa shape index (κ3) is 3.97. The van der Waals surface area contributed by atoms with E-state index in [0.717, 1.165) is 6.42 Å². The quantitative estimate of drug-likeness (QED) is 0.771. The summed E-state index contributed by atoms with van der Waals surface area (Å²) >= 11 is 0. The van der Waals surface area contributed by atoms with Crippen molar-refractivity contribution in [1.82, 2.24) is 0 Å². The van der Waals surface area contributed by atoms with Gasteiger partial charge < -0.3 is 5.11 Å². The maximum atomic E-state index is 9.47. The average molecular weight is 220 g/mol. The summed E-state index contributed by atoms with van der Waals surface area (Å²) in [5, 5.41) is 9.47. The molecule has 0 radical (unpaired) electrons. The normalized spacial score (nSPS) is 14.8. The van der Waals surface area contributed by atoms with Gasteiger partial charge in [0, 0.05) is 12.5 Å². The first-order valence-corrected chi connectivity index (χ1v) is 6.34. The van der Waals surface area contributed by atoms with Crippen molar-refractivity contribution in [2.45, 2.75) is 46.0 Å². The first-order chi connectivity index (χ1) is 7.67. The van der Waals surface area contributed by atoms with Crippen LogP contribution >= 0.6 is 0 Å². The van der Waals surface area contributed by atoms with E-state index in [2.05, 4.69) is 45.0 Å². The molecule has 0 saturated carbocycles. The zero-order valence-electron chi connectivity index (χ0n) is 10.7. The van der Waals surface area contributed by atoms with Gasteiger partial charge in [0.2, 0.25) is 0 Å². The Labute approximate surface area is 99.5 Å². The van der Waals surface area contributed by atoms with Crippen LogP contribution in [0, 0.1) is 12.8 Å². The van der Waals surface area contributed by atoms with Gasteiger partial charge in [-0.1, -0.05) is 56.5 Å². The zero-order chi connectivity index (χ0) is 12.0. The van der Waals surface area contributed by atoms with E-state index in [1.54, 1.807) is 0 Å². The highest BCUT2D eigenvalue weighted by Crippen LogP contribution is 2.25. The van der Waals surface area contributed by atoms with E-state index in [0.29, 0.717) is 11.8 Å². The predicted molar refractivity (Wildman–Crippen MR) is 69.7 cm³/mol. The van der Waals surface area contributed by atoms with Crippen molar-refractivity contribution in [3.05, 3.63) is 35.4 Å². The molecular formula is C15H24O. The van der Waals surface area contributed by atoms with Crippen LogP contribution in [-0.2, 0) is 0 Å². The fraction of sp³-hybridized carbons (Fsp3) is 0.600. The van der Waals surface area contributed by atoms with E-state index >= 15 is 0 Å². The molecule has 1 N–H and O–H groups in total. The van der Waals surface area contributed by atoms with Crippen LogP contribution in [0.2, 0.25) is 0 Å². The molecule has 0 aromatic heterocycles. The second kappa shape index (κ2) is 6.70. The standard InChI is InChI=1S/C15H24O/c1-4-5-13(3)10-15(11-16)14-8-6-12(2)7-9-14/h6-9,13,15-16H,4-5,10-11H2,1-3H3. The Morgan fingerprint density at radius 1 is 1.19 bits per heavy atom. The first-order valence-electron chi connectivity index (χ1n) is 6.34. The summed E-state index contributed by atoms with van der Waals surface area (Å²) in [7, 11) is 0. The molecule has 1 rings (SSSR count). The van der Waals surface area contributed by atoms with Crippen LogP contribution in [0.15, 0.2) is 24.3 Å². The van der Waals surface area contributed by atoms with Crippen molar-refractivity contribution in [2.24, 2.45) is 5.92 Å². The molecule has 2 unspecified atom stereocenters. The van der Waals surface area contributed by atoms with Gasteiger partial charge in [0.1, 0.15) is 0 Å². The van der Waals surface area contributed by atoms with E-state index in [1.807, 2.05) is 0 Å². The number of aliphatic hydroxyl groups excluding tert-OH is 1. The Hall–Kier alpha value is -0.820. The monoisotopic (exact) mass is 220 g/mol. The number of hydrogen-bond acceptors (Lipinski definition) is 1. The number of hydrogen-bond donors (Lipinski definition) is 1. The zero-order valence-corrected chi connectivity index (χ0v) is 10.7. The number of benzene rings is 1. The van der Waals surface area contributed by atoms with Gasteiger partial charge >= 0.3 is 0 Å². The fourth-order valence-electron chi connectivity index (χ4n) is 2.25. The van der Waals surface area contributed by atoms with Crippen molar-refractivity contribution in [2.75, 3.05) is 6.61 Å². The highest BCUT2D eigenvalue weighted by Gasteiger charge is 2.13. The second-order valence-electron chi connectivity index (χ2n) is 4.92. The van der Waals surface area contributed by atoms with Gasteiger partial charge in [0.25, 0.3) is 0 Å². The molecule has 0 aliphatic heterocycles. The minimum absolute atomic E-state index is 0.261. The third-order valence-electron chi connectivity index (χ3n) is 3.24. The molecule has 1 nitrogen and oxygen atoms in total. The molecule has 1 aromatic carbocycles. The molecule has 1 heteroatoms. The van der Waals surface area contributed by atoms with Crippen LogP contribution in [0.1, 0.15) is 50.2 Å². The Morgan fingerprint density at radius 3 is 2.31 bits per heavy atom. The lowest BCUT2D eigenvalue weighted by atomic mass is 9.88. The van der Waals surface area contributed by atoms with E-state index < -0.39 is 0 Å². The molecular weight excluding hydrogens is 196 g/mol. The second-order valence-corrected chi connectivity index (χ2v) is 4.92. The van der Waals surface area contributed by atoms with Crippen molar-refractivity contribution in [1.29, 1.82) is 0 Å². The molecule has 0 amide bonds. The SMILES string of the molecule is CCCC(C)CC(CO)c1ccc(C)cc1. The van der Waals surface area contributed by atoms with Crippen molar-refractivity contribution >= 4 is 0 Å². The van der Waals surface area contributed by atoms with Gasteiger partial charge in [0.05, 0.1) is 0 Å². The van der Waals surface area contributed by atoms with Gasteiger partial charge in [-0.3, -0.25) is 0 Å². The molecule has 0 spiro atoms. The van der Waals surface area contributed by atoms with Gasteiger partial charge in [-0.25, -0.2) is 0 Å². The van der Waals surface area contributed by atoms with Crippen LogP contribution in [0.3, 0.4) is 0 Å². The molecule has 1 aromatic rings. The van der Waals surface area contributed by atoms with E-state index in [4.69, 9.17) is 0 Å². The van der Waals surface area contributed by atoms with Crippen molar-refractivity contribution in [3.8, 4) is 0 Å². The number of rotatable bonds is 6. The lowest BCUT2D eigenvalue weighted by Crippen LogP contribution is -2.09. The Kier molecular flexibility index (Phi) is 5.54. The largest absolute Gasteiger partial charge is 0.396 e. The molecule has 16 heavy (non-hydrogen) atoms. The third-order valence-corrected chi connectivity index (χ3v) is 3.24. The highest BCUT2D eigenvalue weighted by atomic mass is 16.3. The van der Waals surface area contributed by atoms with Crippen molar-refractivity contribution in [3.63, 3.8) is 0 Å². The minimum atomic E-state index is 0.261. The molecule has 0 aliphatic carbocycles. The molecule has 0 fully saturated rings. The Balaban J connectivity index is 2.63. The number of aliphatic hydroxyl groups is 1. The molecule has 0 heterocycles. The summed E-state index contributed by atoms with van der Waals surface area (Å²) in [5.74, 6) is 1.01. The van der Waals surface area contributed by atoms with Gasteiger partial charge in [-0.15, -0.1) is 0 Å². The van der Waals surface area contributed by atoms with Crippen molar-refractivity contribution < 1.29 is 5.11 Å². The highest BCUT2D eigenvalue weighted by molar-refractivity contribution is 5.24. The van der Waals surface area contributed by atoms with Crippen LogP contribution < -0.4 is 0 Å².